The molecule has 1 rings (SSSR count). The smallest absolute Gasteiger partial charge is 0.146 e. The van der Waals surface area contributed by atoms with Crippen LogP contribution in [0.3, 0.4) is 0 Å². The number of nitrogens with two attached hydrogens (primary N) is 1. The summed E-state index contributed by atoms with van der Waals surface area (Å²) in [6.45, 7) is 2.48. The average Bonchev–Trinajstić information content (AvgIpc) is 2.32. The number of carbonyl (C=O) groups excluding carboxylic acids is 1. The molecule has 2 atom stereocenters. The van der Waals surface area contributed by atoms with Crippen molar-refractivity contribution >= 4 is 5.78 Å². The van der Waals surface area contributed by atoms with Gasteiger partial charge in [-0.1, -0.05) is 5.92 Å². The summed E-state index contributed by atoms with van der Waals surface area (Å²) in [4.78, 5) is 13.1. The maximum atomic E-state index is 11.1. The number of Topliss-reactive ketones (excluding diaryl/α,β-unsaturated/α-hetero) is 1. The van der Waals surface area contributed by atoms with E-state index < -0.39 is 0 Å². The van der Waals surface area contributed by atoms with Crippen LogP contribution in [0.25, 0.3) is 0 Å². The van der Waals surface area contributed by atoms with Gasteiger partial charge in [0.15, 0.2) is 0 Å². The van der Waals surface area contributed by atoms with Gasteiger partial charge < -0.3 is 5.73 Å². The Bertz CT molecular complexity index is 239. The van der Waals surface area contributed by atoms with E-state index in [0.717, 1.165) is 13.0 Å². The molecule has 0 aliphatic carbocycles. The predicted molar refractivity (Wildman–Crippen MR) is 47.2 cm³/mol. The summed E-state index contributed by atoms with van der Waals surface area (Å²) >= 11 is 0. The summed E-state index contributed by atoms with van der Waals surface area (Å²) in [5, 5.41) is 0. The van der Waals surface area contributed by atoms with E-state index in [0.29, 0.717) is 0 Å². The maximum absolute atomic E-state index is 11.1. The number of carbonyl (C=O) groups is 1. The first kappa shape index (κ1) is 9.08. The highest BCUT2D eigenvalue weighted by molar-refractivity contribution is 5.81. The van der Waals surface area contributed by atoms with Crippen molar-refractivity contribution < 1.29 is 4.79 Å². The summed E-state index contributed by atoms with van der Waals surface area (Å²) in [5.41, 5.74) is 5.11. The molecule has 66 valence electrons. The number of hydrogen-bond acceptors (Lipinski definition) is 3. The Morgan fingerprint density at radius 2 is 2.33 bits per heavy atom. The Kier molecular flexibility index (Phi) is 2.72. The van der Waals surface area contributed by atoms with Crippen LogP contribution in [0.1, 0.15) is 13.3 Å². The van der Waals surface area contributed by atoms with Crippen LogP contribution < -0.4 is 5.73 Å². The molecule has 0 spiro atoms. The first-order valence-electron chi connectivity index (χ1n) is 4.07. The largest absolute Gasteiger partial charge is 0.359 e. The van der Waals surface area contributed by atoms with E-state index in [-0.39, 0.29) is 17.7 Å². The highest BCUT2D eigenvalue weighted by Gasteiger charge is 2.31. The second-order valence-electron chi connectivity index (χ2n) is 3.29. The number of nitrogens with zero attached hydrogens (tertiary/aromatic N) is 1. The van der Waals surface area contributed by atoms with Crippen LogP contribution in [0, 0.1) is 17.9 Å². The molecule has 0 aromatic carbocycles. The first-order valence-corrected chi connectivity index (χ1v) is 4.07. The molecule has 0 amide bonds. The van der Waals surface area contributed by atoms with Gasteiger partial charge in [-0.15, -0.1) is 0 Å². The van der Waals surface area contributed by atoms with E-state index in [2.05, 4.69) is 12.0 Å². The molecule has 1 aliphatic heterocycles. The van der Waals surface area contributed by atoms with Crippen LogP contribution in [-0.2, 0) is 4.79 Å². The normalized spacial score (nSPS) is 29.5. The van der Waals surface area contributed by atoms with Crippen LogP contribution in [0.5, 0.6) is 0 Å². The lowest BCUT2D eigenvalue weighted by Gasteiger charge is -2.14. The number of ketones is 1. The number of likely N-dealkylation sites (N-methyl/N-ethyl adjacent to an activating group) is 1. The quantitative estimate of drug-likeness (QED) is 0.434. The second kappa shape index (κ2) is 3.59. The SMILES string of the molecule is CC(=O)C1CC(C#CN)CN1C. The minimum Gasteiger partial charge on any atom is -0.359 e. The Balaban J connectivity index is 2.60. The van der Waals surface area contributed by atoms with E-state index >= 15 is 0 Å². The molecule has 3 heteroatoms. The molecule has 0 bridgehead atoms. The zero-order chi connectivity index (χ0) is 9.14. The first-order chi connectivity index (χ1) is 5.65. The van der Waals surface area contributed by atoms with Crippen molar-refractivity contribution in [2.75, 3.05) is 13.6 Å². The Morgan fingerprint density at radius 3 is 2.75 bits per heavy atom. The monoisotopic (exact) mass is 166 g/mol. The highest BCUT2D eigenvalue weighted by Crippen LogP contribution is 2.21. The standard InChI is InChI=1S/C9H14N2O/c1-7(12)9-5-8(3-4-10)6-11(9)2/h8-9H,5-6,10H2,1-2H3. The van der Waals surface area contributed by atoms with Gasteiger partial charge in [0.1, 0.15) is 5.78 Å². The molecule has 12 heavy (non-hydrogen) atoms. The molecule has 0 aromatic rings. The molecule has 0 saturated carbocycles. The summed E-state index contributed by atoms with van der Waals surface area (Å²) in [5.74, 6) is 3.39. The van der Waals surface area contributed by atoms with Gasteiger partial charge in [0, 0.05) is 18.5 Å². The molecule has 1 aliphatic rings. The fourth-order valence-corrected chi connectivity index (χ4v) is 1.70. The van der Waals surface area contributed by atoms with Crippen molar-refractivity contribution in [3.63, 3.8) is 0 Å². The zero-order valence-corrected chi connectivity index (χ0v) is 7.50. The molecule has 3 nitrogen and oxygen atoms in total. The van der Waals surface area contributed by atoms with Crippen molar-refractivity contribution in [2.24, 2.45) is 11.7 Å². The molecular formula is C9H14N2O. The van der Waals surface area contributed by atoms with E-state index in [1.54, 1.807) is 6.92 Å². The lowest BCUT2D eigenvalue weighted by molar-refractivity contribution is -0.120. The van der Waals surface area contributed by atoms with Gasteiger partial charge in [0.05, 0.1) is 6.04 Å². The number of hydrogen-bond donors (Lipinski definition) is 1. The van der Waals surface area contributed by atoms with Gasteiger partial charge in [0.2, 0.25) is 0 Å². The predicted octanol–water partition coefficient (Wildman–Crippen LogP) is -0.185. The van der Waals surface area contributed by atoms with Gasteiger partial charge in [-0.25, -0.2) is 0 Å². The van der Waals surface area contributed by atoms with Crippen LogP contribution in [-0.4, -0.2) is 30.3 Å². The zero-order valence-electron chi connectivity index (χ0n) is 7.50. The maximum Gasteiger partial charge on any atom is 0.146 e. The van der Waals surface area contributed by atoms with Gasteiger partial charge in [-0.3, -0.25) is 9.69 Å². The van der Waals surface area contributed by atoms with Gasteiger partial charge in [-0.05, 0) is 20.4 Å². The van der Waals surface area contributed by atoms with E-state index in [4.69, 9.17) is 5.73 Å². The van der Waals surface area contributed by atoms with Crippen molar-refractivity contribution in [2.45, 2.75) is 19.4 Å². The average molecular weight is 166 g/mol. The third-order valence-electron chi connectivity index (χ3n) is 2.30. The van der Waals surface area contributed by atoms with Gasteiger partial charge in [0.25, 0.3) is 0 Å². The number of rotatable bonds is 1. The summed E-state index contributed by atoms with van der Waals surface area (Å²) in [7, 11) is 1.95. The van der Waals surface area contributed by atoms with E-state index in [9.17, 15) is 4.79 Å². The topological polar surface area (TPSA) is 46.3 Å². The van der Waals surface area contributed by atoms with E-state index in [1.165, 1.54) is 0 Å². The Labute approximate surface area is 72.9 Å². The minimum absolute atomic E-state index is 0.0517. The summed E-state index contributed by atoms with van der Waals surface area (Å²) in [6.07, 6.45) is 0.829. The van der Waals surface area contributed by atoms with Gasteiger partial charge >= 0.3 is 0 Å². The van der Waals surface area contributed by atoms with E-state index in [1.807, 2.05) is 11.9 Å². The minimum atomic E-state index is 0.0517. The van der Waals surface area contributed by atoms with Crippen LogP contribution >= 0.6 is 0 Å². The third-order valence-corrected chi connectivity index (χ3v) is 2.30. The molecular weight excluding hydrogens is 152 g/mol. The van der Waals surface area contributed by atoms with Gasteiger partial charge in [-0.2, -0.15) is 0 Å². The van der Waals surface area contributed by atoms with Crippen molar-refractivity contribution in [1.29, 1.82) is 0 Å². The van der Waals surface area contributed by atoms with Crippen molar-refractivity contribution in [3.05, 3.63) is 0 Å². The number of likely N-dealkylation sites (tertiary alicyclic amines) is 1. The highest BCUT2D eigenvalue weighted by atomic mass is 16.1. The summed E-state index contributed by atoms with van der Waals surface area (Å²) < 4.78 is 0. The molecule has 0 aromatic heterocycles. The molecule has 1 heterocycles. The van der Waals surface area contributed by atoms with Crippen LogP contribution in [0.4, 0.5) is 0 Å². The fourth-order valence-electron chi connectivity index (χ4n) is 1.70. The molecule has 2 N–H and O–H groups in total. The Morgan fingerprint density at radius 1 is 1.67 bits per heavy atom. The molecule has 1 fully saturated rings. The molecule has 1 saturated heterocycles. The van der Waals surface area contributed by atoms with Crippen LogP contribution in [0.15, 0.2) is 0 Å². The molecule has 2 unspecified atom stereocenters. The second-order valence-corrected chi connectivity index (χ2v) is 3.29. The summed E-state index contributed by atoms with van der Waals surface area (Å²) in [6, 6.07) is 2.45. The lowest BCUT2D eigenvalue weighted by atomic mass is 10.0. The lowest BCUT2D eigenvalue weighted by Crippen LogP contribution is -2.30. The van der Waals surface area contributed by atoms with Crippen molar-refractivity contribution in [1.82, 2.24) is 4.90 Å². The van der Waals surface area contributed by atoms with Crippen LogP contribution in [0.2, 0.25) is 0 Å². The Hall–Kier alpha value is -1.01. The fraction of sp³-hybridized carbons (Fsp3) is 0.667. The molecule has 0 radical (unpaired) electrons. The third kappa shape index (κ3) is 1.77. The van der Waals surface area contributed by atoms with Crippen molar-refractivity contribution in [3.8, 4) is 12.0 Å².